The lowest BCUT2D eigenvalue weighted by molar-refractivity contribution is -0.359. The average molecular weight is 378 g/mol. The summed E-state index contributed by atoms with van der Waals surface area (Å²) in [6.07, 6.45) is -11.3. The molecule has 1 fully saturated rings. The number of alkyl halides is 8. The molecular formula is C9H10F7I. The predicted molar refractivity (Wildman–Crippen MR) is 55.7 cm³/mol. The van der Waals surface area contributed by atoms with Crippen molar-refractivity contribution in [3.8, 4) is 0 Å². The maximum absolute atomic E-state index is 13.7. The predicted octanol–water partition coefficient (Wildman–Crippen LogP) is 4.81. The maximum atomic E-state index is 13.7. The van der Waals surface area contributed by atoms with E-state index in [1.54, 1.807) is 0 Å². The lowest BCUT2D eigenvalue weighted by atomic mass is 9.77. The van der Waals surface area contributed by atoms with E-state index >= 15 is 0 Å². The third kappa shape index (κ3) is 2.65. The molecule has 0 aromatic heterocycles. The van der Waals surface area contributed by atoms with Crippen molar-refractivity contribution >= 4 is 22.6 Å². The third-order valence-corrected chi connectivity index (χ3v) is 4.51. The van der Waals surface area contributed by atoms with E-state index in [-0.39, 0.29) is 19.3 Å². The fourth-order valence-electron chi connectivity index (χ4n) is 2.11. The molecule has 0 aromatic rings. The highest BCUT2D eigenvalue weighted by molar-refractivity contribution is 14.1. The molecule has 17 heavy (non-hydrogen) atoms. The summed E-state index contributed by atoms with van der Waals surface area (Å²) in [5.41, 5.74) is -5.09. The monoisotopic (exact) mass is 378 g/mol. The first-order valence-corrected chi connectivity index (χ1v) is 6.23. The summed E-state index contributed by atoms with van der Waals surface area (Å²) in [5, 5.41) is 0. The fourth-order valence-corrected chi connectivity index (χ4v) is 3.41. The molecule has 0 nitrogen and oxygen atoms in total. The minimum atomic E-state index is -5.92. The van der Waals surface area contributed by atoms with Gasteiger partial charge in [0.15, 0.2) is 0 Å². The SMILES string of the molecule is FC(F)(F)C(F)([C@H]1CCCC[C@@H]1I)C(F)(F)F. The van der Waals surface area contributed by atoms with Gasteiger partial charge in [-0.25, -0.2) is 4.39 Å². The van der Waals surface area contributed by atoms with Crippen LogP contribution in [-0.2, 0) is 0 Å². The van der Waals surface area contributed by atoms with Gasteiger partial charge in [-0.05, 0) is 12.8 Å². The molecule has 0 saturated heterocycles. The minimum absolute atomic E-state index is 0.184. The smallest absolute Gasteiger partial charge is 0.223 e. The second-order valence-electron chi connectivity index (χ2n) is 4.11. The van der Waals surface area contributed by atoms with Gasteiger partial charge in [-0.15, -0.1) is 0 Å². The number of rotatable bonds is 1. The highest BCUT2D eigenvalue weighted by atomic mass is 127. The quantitative estimate of drug-likeness (QED) is 0.349. The molecule has 102 valence electrons. The van der Waals surface area contributed by atoms with Crippen LogP contribution in [0, 0.1) is 5.92 Å². The largest absolute Gasteiger partial charge is 0.431 e. The van der Waals surface area contributed by atoms with E-state index in [9.17, 15) is 30.7 Å². The second kappa shape index (κ2) is 4.73. The molecule has 0 unspecified atom stereocenters. The highest BCUT2D eigenvalue weighted by Crippen LogP contribution is 2.55. The molecule has 1 aliphatic carbocycles. The molecule has 0 aromatic carbocycles. The number of halogens is 8. The molecule has 1 aliphatic rings. The molecule has 0 bridgehead atoms. The molecule has 1 rings (SSSR count). The summed E-state index contributed by atoms with van der Waals surface area (Å²) in [6.45, 7) is 0. The second-order valence-corrected chi connectivity index (χ2v) is 5.71. The molecule has 8 heteroatoms. The molecule has 0 spiro atoms. The van der Waals surface area contributed by atoms with Crippen LogP contribution in [0.2, 0.25) is 0 Å². The molecule has 0 aliphatic heterocycles. The van der Waals surface area contributed by atoms with E-state index in [0.717, 1.165) is 0 Å². The lowest BCUT2D eigenvalue weighted by Gasteiger charge is -2.40. The van der Waals surface area contributed by atoms with E-state index in [0.29, 0.717) is 6.42 Å². The van der Waals surface area contributed by atoms with Crippen LogP contribution in [0.15, 0.2) is 0 Å². The highest BCUT2D eigenvalue weighted by Gasteiger charge is 2.76. The third-order valence-electron chi connectivity index (χ3n) is 3.02. The Morgan fingerprint density at radius 1 is 0.765 bits per heavy atom. The summed E-state index contributed by atoms with van der Waals surface area (Å²) in [4.78, 5) is 0. The van der Waals surface area contributed by atoms with Gasteiger partial charge in [0, 0.05) is 9.84 Å². The van der Waals surface area contributed by atoms with Crippen LogP contribution in [0.1, 0.15) is 25.7 Å². The van der Waals surface area contributed by atoms with Crippen LogP contribution >= 0.6 is 22.6 Å². The first kappa shape index (κ1) is 15.3. The fraction of sp³-hybridized carbons (Fsp3) is 1.00. The number of hydrogen-bond donors (Lipinski definition) is 0. The van der Waals surface area contributed by atoms with Crippen LogP contribution in [0.3, 0.4) is 0 Å². The molecule has 0 amide bonds. The van der Waals surface area contributed by atoms with Crippen molar-refractivity contribution in [2.24, 2.45) is 5.92 Å². The van der Waals surface area contributed by atoms with Crippen LogP contribution < -0.4 is 0 Å². The van der Waals surface area contributed by atoms with Crippen molar-refractivity contribution in [2.45, 2.75) is 47.6 Å². The van der Waals surface area contributed by atoms with Gasteiger partial charge in [-0.1, -0.05) is 35.4 Å². The molecule has 0 heterocycles. The standard InChI is InChI=1S/C9H10F7I/c10-7(8(11,12)13,9(14,15)16)5-3-1-2-4-6(5)17/h5-6H,1-4H2/t5-,6-/m0/s1. The summed E-state index contributed by atoms with van der Waals surface area (Å²) in [6, 6.07) is 0. The lowest BCUT2D eigenvalue weighted by Crippen LogP contribution is -2.60. The summed E-state index contributed by atoms with van der Waals surface area (Å²) in [5.74, 6) is -2.04. The van der Waals surface area contributed by atoms with Crippen molar-refractivity contribution in [3.63, 3.8) is 0 Å². The van der Waals surface area contributed by atoms with Crippen molar-refractivity contribution < 1.29 is 30.7 Å². The van der Waals surface area contributed by atoms with Gasteiger partial charge >= 0.3 is 18.0 Å². The Morgan fingerprint density at radius 3 is 1.53 bits per heavy atom. The maximum Gasteiger partial charge on any atom is 0.431 e. The van der Waals surface area contributed by atoms with Crippen molar-refractivity contribution in [3.05, 3.63) is 0 Å². The van der Waals surface area contributed by atoms with E-state index in [1.165, 1.54) is 22.6 Å². The molecule has 2 atom stereocenters. The van der Waals surface area contributed by atoms with Gasteiger partial charge < -0.3 is 0 Å². The topological polar surface area (TPSA) is 0 Å². The van der Waals surface area contributed by atoms with E-state index in [1.807, 2.05) is 0 Å². The van der Waals surface area contributed by atoms with Crippen LogP contribution in [0.4, 0.5) is 30.7 Å². The Morgan fingerprint density at radius 2 is 1.18 bits per heavy atom. The summed E-state index contributed by atoms with van der Waals surface area (Å²) in [7, 11) is 0. The average Bonchev–Trinajstić information content (AvgIpc) is 2.13. The van der Waals surface area contributed by atoms with Crippen molar-refractivity contribution in [1.82, 2.24) is 0 Å². The summed E-state index contributed by atoms with van der Waals surface area (Å²) < 4.78 is 87.5. The van der Waals surface area contributed by atoms with E-state index < -0.39 is 27.9 Å². The zero-order chi connectivity index (χ0) is 13.5. The number of hydrogen-bond acceptors (Lipinski definition) is 0. The van der Waals surface area contributed by atoms with Gasteiger partial charge in [-0.2, -0.15) is 26.3 Å². The molecule has 0 radical (unpaired) electrons. The van der Waals surface area contributed by atoms with Crippen molar-refractivity contribution in [2.75, 3.05) is 0 Å². The Balaban J connectivity index is 3.15. The first-order valence-electron chi connectivity index (χ1n) is 4.98. The zero-order valence-corrected chi connectivity index (χ0v) is 10.7. The van der Waals surface area contributed by atoms with Gasteiger partial charge in [0.1, 0.15) is 0 Å². The van der Waals surface area contributed by atoms with Gasteiger partial charge in [0.2, 0.25) is 0 Å². The van der Waals surface area contributed by atoms with E-state index in [2.05, 4.69) is 0 Å². The van der Waals surface area contributed by atoms with Crippen LogP contribution in [-0.4, -0.2) is 21.9 Å². The Hall–Kier alpha value is 0.240. The van der Waals surface area contributed by atoms with Crippen molar-refractivity contribution in [1.29, 1.82) is 0 Å². The Labute approximate surface area is 107 Å². The molecule has 0 N–H and O–H groups in total. The first-order chi connectivity index (χ1) is 7.52. The van der Waals surface area contributed by atoms with Gasteiger partial charge in [0.05, 0.1) is 0 Å². The normalized spacial score (nSPS) is 28.2. The Kier molecular flexibility index (Phi) is 4.26. The van der Waals surface area contributed by atoms with Crippen LogP contribution in [0.25, 0.3) is 0 Å². The molecular weight excluding hydrogens is 368 g/mol. The van der Waals surface area contributed by atoms with Crippen LogP contribution in [0.5, 0.6) is 0 Å². The Bertz CT molecular complexity index is 255. The van der Waals surface area contributed by atoms with Gasteiger partial charge in [-0.3, -0.25) is 0 Å². The van der Waals surface area contributed by atoms with Gasteiger partial charge in [0.25, 0.3) is 0 Å². The molecule has 1 saturated carbocycles. The summed E-state index contributed by atoms with van der Waals surface area (Å²) >= 11 is 1.48. The minimum Gasteiger partial charge on any atom is -0.223 e. The zero-order valence-electron chi connectivity index (χ0n) is 8.51. The van der Waals surface area contributed by atoms with E-state index in [4.69, 9.17) is 0 Å².